The summed E-state index contributed by atoms with van der Waals surface area (Å²) >= 11 is 0. The molecular weight excluding hydrogens is 166 g/mol. The lowest BCUT2D eigenvalue weighted by molar-refractivity contribution is -0.115. The van der Waals surface area contributed by atoms with E-state index in [1.165, 1.54) is 0 Å². The van der Waals surface area contributed by atoms with Crippen LogP contribution in [0, 0.1) is 0 Å². The van der Waals surface area contributed by atoms with Crippen LogP contribution in [0.3, 0.4) is 0 Å². The van der Waals surface area contributed by atoms with Gasteiger partial charge in [0.25, 0.3) is 15.9 Å². The van der Waals surface area contributed by atoms with Crippen LogP contribution in [0.4, 0.5) is 0 Å². The van der Waals surface area contributed by atoms with Gasteiger partial charge in [-0.15, -0.1) is 0 Å². The van der Waals surface area contributed by atoms with Crippen LogP contribution in [0.25, 0.3) is 0 Å². The molecule has 1 aliphatic rings. The fourth-order valence-electron chi connectivity index (χ4n) is 0.907. The maximum absolute atomic E-state index is 10.8. The van der Waals surface area contributed by atoms with Gasteiger partial charge in [-0.2, -0.15) is 0 Å². The van der Waals surface area contributed by atoms with Gasteiger partial charge in [-0.25, -0.2) is 13.1 Å². The molecule has 0 aromatic heterocycles. The highest BCUT2D eigenvalue weighted by molar-refractivity contribution is 7.93. The standard InChI is InChI=1S/C6H9NO3S/c1-2-3-5-4-11(9,10)7-6(5)8/h4H,2-3H2,1H3,(H,7,8). The van der Waals surface area contributed by atoms with Crippen LogP contribution in [0.1, 0.15) is 19.8 Å². The Bertz CT molecular complexity index is 302. The maximum Gasteiger partial charge on any atom is 0.261 e. The first-order valence-electron chi connectivity index (χ1n) is 3.33. The van der Waals surface area contributed by atoms with Crippen LogP contribution < -0.4 is 4.72 Å². The number of amides is 1. The van der Waals surface area contributed by atoms with Crippen LogP contribution in [-0.4, -0.2) is 14.3 Å². The summed E-state index contributed by atoms with van der Waals surface area (Å²) in [6.45, 7) is 1.89. The molecular formula is C6H9NO3S. The molecule has 1 N–H and O–H groups in total. The molecule has 0 spiro atoms. The van der Waals surface area contributed by atoms with Crippen LogP contribution in [0.5, 0.6) is 0 Å². The summed E-state index contributed by atoms with van der Waals surface area (Å²) in [5, 5.41) is 0.999. The van der Waals surface area contributed by atoms with E-state index in [1.807, 2.05) is 11.6 Å². The lowest BCUT2D eigenvalue weighted by Crippen LogP contribution is -2.22. The SMILES string of the molecule is CCCC1=CS(=O)(=O)NC1=O. The van der Waals surface area contributed by atoms with E-state index in [9.17, 15) is 13.2 Å². The first kappa shape index (κ1) is 8.26. The summed E-state index contributed by atoms with van der Waals surface area (Å²) < 4.78 is 23.3. The van der Waals surface area contributed by atoms with Crippen molar-refractivity contribution in [1.82, 2.24) is 4.72 Å². The van der Waals surface area contributed by atoms with E-state index in [2.05, 4.69) is 0 Å². The van der Waals surface area contributed by atoms with E-state index in [1.54, 1.807) is 0 Å². The number of rotatable bonds is 2. The molecule has 1 heterocycles. The minimum absolute atomic E-state index is 0.354. The molecule has 0 radical (unpaired) electrons. The van der Waals surface area contributed by atoms with Crippen molar-refractivity contribution in [2.75, 3.05) is 0 Å². The molecule has 0 aliphatic carbocycles. The molecule has 0 fully saturated rings. The number of nitrogens with one attached hydrogen (secondary N) is 1. The van der Waals surface area contributed by atoms with E-state index >= 15 is 0 Å². The van der Waals surface area contributed by atoms with Crippen molar-refractivity contribution >= 4 is 15.9 Å². The van der Waals surface area contributed by atoms with Crippen molar-refractivity contribution in [2.24, 2.45) is 0 Å². The van der Waals surface area contributed by atoms with Gasteiger partial charge in [-0.05, 0) is 6.42 Å². The molecule has 1 aliphatic heterocycles. The van der Waals surface area contributed by atoms with Crippen molar-refractivity contribution in [3.8, 4) is 0 Å². The van der Waals surface area contributed by atoms with Crippen LogP contribution >= 0.6 is 0 Å². The van der Waals surface area contributed by atoms with Gasteiger partial charge in [0.1, 0.15) is 0 Å². The summed E-state index contributed by atoms with van der Waals surface area (Å²) in [6, 6.07) is 0. The molecule has 1 rings (SSSR count). The Labute approximate surface area is 65.3 Å². The molecule has 0 aromatic rings. The first-order chi connectivity index (χ1) is 5.05. The summed E-state index contributed by atoms with van der Waals surface area (Å²) in [7, 11) is -3.43. The molecule has 62 valence electrons. The lowest BCUT2D eigenvalue weighted by atomic mass is 10.2. The van der Waals surface area contributed by atoms with Crippen LogP contribution in [0.2, 0.25) is 0 Å². The average molecular weight is 175 g/mol. The number of hydrogen-bond donors (Lipinski definition) is 1. The van der Waals surface area contributed by atoms with Crippen LogP contribution in [0.15, 0.2) is 11.0 Å². The number of hydrogen-bond acceptors (Lipinski definition) is 3. The third-order valence-electron chi connectivity index (χ3n) is 1.34. The van der Waals surface area contributed by atoms with Gasteiger partial charge in [0.15, 0.2) is 0 Å². The maximum atomic E-state index is 10.8. The third kappa shape index (κ3) is 1.80. The Morgan fingerprint density at radius 2 is 2.18 bits per heavy atom. The third-order valence-corrected chi connectivity index (χ3v) is 2.41. The molecule has 0 aromatic carbocycles. The topological polar surface area (TPSA) is 63.2 Å². The zero-order valence-corrected chi connectivity index (χ0v) is 6.94. The Balaban J connectivity index is 2.89. The second-order valence-electron chi connectivity index (χ2n) is 2.37. The number of carbonyl (C=O) groups is 1. The number of carbonyl (C=O) groups excluding carboxylic acids is 1. The Morgan fingerprint density at radius 3 is 2.55 bits per heavy atom. The van der Waals surface area contributed by atoms with Gasteiger partial charge in [0, 0.05) is 5.57 Å². The van der Waals surface area contributed by atoms with Gasteiger partial charge < -0.3 is 0 Å². The molecule has 0 saturated heterocycles. The van der Waals surface area contributed by atoms with Gasteiger partial charge >= 0.3 is 0 Å². The highest BCUT2D eigenvalue weighted by atomic mass is 32.2. The predicted molar refractivity (Wildman–Crippen MR) is 40.1 cm³/mol. The Kier molecular flexibility index (Phi) is 1.99. The largest absolute Gasteiger partial charge is 0.269 e. The summed E-state index contributed by atoms with van der Waals surface area (Å²) in [5.41, 5.74) is 0.354. The van der Waals surface area contributed by atoms with Crippen molar-refractivity contribution in [3.63, 3.8) is 0 Å². The van der Waals surface area contributed by atoms with Crippen molar-refractivity contribution in [2.45, 2.75) is 19.8 Å². The molecule has 1 amide bonds. The van der Waals surface area contributed by atoms with Gasteiger partial charge in [-0.1, -0.05) is 13.3 Å². The highest BCUT2D eigenvalue weighted by Crippen LogP contribution is 2.13. The molecule has 11 heavy (non-hydrogen) atoms. The van der Waals surface area contributed by atoms with Gasteiger partial charge in [-0.3, -0.25) is 4.79 Å². The van der Waals surface area contributed by atoms with E-state index in [-0.39, 0.29) is 0 Å². The van der Waals surface area contributed by atoms with Crippen molar-refractivity contribution < 1.29 is 13.2 Å². The minimum atomic E-state index is -3.43. The molecule has 0 atom stereocenters. The van der Waals surface area contributed by atoms with E-state index in [0.29, 0.717) is 12.0 Å². The smallest absolute Gasteiger partial charge is 0.261 e. The van der Waals surface area contributed by atoms with Gasteiger partial charge in [0.2, 0.25) is 0 Å². The number of sulfonamides is 1. The summed E-state index contributed by atoms with van der Waals surface area (Å²) in [4.78, 5) is 10.8. The fraction of sp³-hybridized carbons (Fsp3) is 0.500. The highest BCUT2D eigenvalue weighted by Gasteiger charge is 2.24. The molecule has 4 nitrogen and oxygen atoms in total. The first-order valence-corrected chi connectivity index (χ1v) is 4.87. The fourth-order valence-corrected chi connectivity index (χ4v) is 1.95. The average Bonchev–Trinajstić information content (AvgIpc) is 2.07. The second-order valence-corrected chi connectivity index (χ2v) is 3.90. The normalized spacial score (nSPS) is 21.2. The quantitative estimate of drug-likeness (QED) is 0.648. The van der Waals surface area contributed by atoms with E-state index < -0.39 is 15.9 Å². The molecule has 0 unspecified atom stereocenters. The summed E-state index contributed by atoms with van der Waals surface area (Å²) in [6.07, 6.45) is 1.29. The molecule has 0 bridgehead atoms. The summed E-state index contributed by atoms with van der Waals surface area (Å²) in [5.74, 6) is -0.480. The molecule has 0 saturated carbocycles. The van der Waals surface area contributed by atoms with Crippen LogP contribution in [-0.2, 0) is 14.8 Å². The van der Waals surface area contributed by atoms with Crippen molar-refractivity contribution in [1.29, 1.82) is 0 Å². The molecule has 5 heteroatoms. The Hall–Kier alpha value is -0.840. The zero-order chi connectivity index (χ0) is 8.48. The predicted octanol–water partition coefficient (Wildman–Crippen LogP) is 0.130. The van der Waals surface area contributed by atoms with E-state index in [4.69, 9.17) is 0 Å². The lowest BCUT2D eigenvalue weighted by Gasteiger charge is -1.92. The second kappa shape index (κ2) is 2.65. The van der Waals surface area contributed by atoms with Gasteiger partial charge in [0.05, 0.1) is 5.41 Å². The minimum Gasteiger partial charge on any atom is -0.269 e. The Morgan fingerprint density at radius 1 is 1.55 bits per heavy atom. The zero-order valence-electron chi connectivity index (χ0n) is 6.12. The van der Waals surface area contributed by atoms with Crippen molar-refractivity contribution in [3.05, 3.63) is 11.0 Å². The van der Waals surface area contributed by atoms with E-state index in [0.717, 1.165) is 11.8 Å². The monoisotopic (exact) mass is 175 g/mol.